The fraction of sp³-hybridized carbons (Fsp3) is 0.333. The fourth-order valence-electron chi connectivity index (χ4n) is 0.992. The lowest BCUT2D eigenvalue weighted by atomic mass is 10.2. The van der Waals surface area contributed by atoms with Gasteiger partial charge in [0, 0.05) is 5.88 Å². The van der Waals surface area contributed by atoms with E-state index in [1.165, 1.54) is 19.2 Å². The Morgan fingerprint density at radius 2 is 2.07 bits per heavy atom. The minimum absolute atomic E-state index is 0.000602. The van der Waals surface area contributed by atoms with Gasteiger partial charge in [0.2, 0.25) is 0 Å². The zero-order valence-corrected chi connectivity index (χ0v) is 8.22. The van der Waals surface area contributed by atoms with E-state index in [0.717, 1.165) is 0 Å². The summed E-state index contributed by atoms with van der Waals surface area (Å²) in [5.74, 6) is 0.503. The minimum atomic E-state index is -2.87. The van der Waals surface area contributed by atoms with Crippen LogP contribution in [0.25, 0.3) is 0 Å². The van der Waals surface area contributed by atoms with Gasteiger partial charge in [-0.1, -0.05) is 6.07 Å². The van der Waals surface area contributed by atoms with Crippen molar-refractivity contribution in [1.82, 2.24) is 0 Å². The van der Waals surface area contributed by atoms with Crippen LogP contribution in [-0.4, -0.2) is 13.7 Å². The van der Waals surface area contributed by atoms with Crippen LogP contribution in [0, 0.1) is 0 Å². The second-order valence-corrected chi connectivity index (χ2v) is 2.76. The highest BCUT2D eigenvalue weighted by molar-refractivity contribution is 6.17. The largest absolute Gasteiger partial charge is 0.493 e. The van der Waals surface area contributed by atoms with E-state index < -0.39 is 6.61 Å². The van der Waals surface area contributed by atoms with Crippen LogP contribution in [0.5, 0.6) is 11.5 Å². The normalized spacial score (nSPS) is 10.4. The summed E-state index contributed by atoms with van der Waals surface area (Å²) in [6.45, 7) is -2.87. The Morgan fingerprint density at radius 3 is 2.57 bits per heavy atom. The van der Waals surface area contributed by atoms with Crippen molar-refractivity contribution in [3.05, 3.63) is 23.8 Å². The van der Waals surface area contributed by atoms with Gasteiger partial charge in [0.1, 0.15) is 0 Å². The molecule has 14 heavy (non-hydrogen) atoms. The summed E-state index contributed by atoms with van der Waals surface area (Å²) in [6.07, 6.45) is 0. The van der Waals surface area contributed by atoms with Crippen LogP contribution in [0.2, 0.25) is 0 Å². The minimum Gasteiger partial charge on any atom is -0.493 e. The highest BCUT2D eigenvalue weighted by atomic mass is 35.5. The Morgan fingerprint density at radius 1 is 1.36 bits per heavy atom. The molecule has 1 aromatic rings. The topological polar surface area (TPSA) is 18.5 Å². The summed E-state index contributed by atoms with van der Waals surface area (Å²) < 4.78 is 33.0. The first-order valence-corrected chi connectivity index (χ1v) is 4.38. The number of alkyl halides is 3. The second-order valence-electron chi connectivity index (χ2n) is 2.50. The van der Waals surface area contributed by atoms with Crippen molar-refractivity contribution in [2.75, 3.05) is 7.11 Å². The molecule has 0 unspecified atom stereocenters. The maximum atomic E-state index is 12.0. The van der Waals surface area contributed by atoms with Gasteiger partial charge in [-0.05, 0) is 17.7 Å². The zero-order chi connectivity index (χ0) is 10.6. The SMILES string of the molecule is COc1ccc(CCl)cc1OC(F)F. The Balaban J connectivity index is 2.96. The van der Waals surface area contributed by atoms with Gasteiger partial charge < -0.3 is 9.47 Å². The molecule has 1 aromatic carbocycles. The van der Waals surface area contributed by atoms with Crippen molar-refractivity contribution in [3.8, 4) is 11.5 Å². The average molecular weight is 223 g/mol. The van der Waals surface area contributed by atoms with E-state index >= 15 is 0 Å². The van der Waals surface area contributed by atoms with Gasteiger partial charge in [-0.25, -0.2) is 0 Å². The molecular formula is C9H9ClF2O2. The summed E-state index contributed by atoms with van der Waals surface area (Å²) in [6, 6.07) is 4.65. The van der Waals surface area contributed by atoms with Crippen LogP contribution >= 0.6 is 11.6 Å². The molecule has 78 valence electrons. The molecule has 2 nitrogen and oxygen atoms in total. The summed E-state index contributed by atoms with van der Waals surface area (Å²) >= 11 is 5.55. The molecule has 0 aliphatic carbocycles. The quantitative estimate of drug-likeness (QED) is 0.729. The molecule has 0 spiro atoms. The Bertz CT molecular complexity index is 305. The van der Waals surface area contributed by atoms with E-state index in [-0.39, 0.29) is 17.4 Å². The standard InChI is InChI=1S/C9H9ClF2O2/c1-13-7-3-2-6(5-10)4-8(7)14-9(11)12/h2-4,9H,5H2,1H3. The predicted octanol–water partition coefficient (Wildman–Crippen LogP) is 3.04. The Kier molecular flexibility index (Phi) is 3.95. The van der Waals surface area contributed by atoms with E-state index in [1.54, 1.807) is 6.07 Å². The number of rotatable bonds is 4. The van der Waals surface area contributed by atoms with Gasteiger partial charge in [-0.15, -0.1) is 11.6 Å². The molecule has 0 aliphatic rings. The molecule has 0 aliphatic heterocycles. The van der Waals surface area contributed by atoms with E-state index in [2.05, 4.69) is 4.74 Å². The molecule has 0 aromatic heterocycles. The molecule has 0 bridgehead atoms. The van der Waals surface area contributed by atoms with Crippen molar-refractivity contribution in [3.63, 3.8) is 0 Å². The lowest BCUT2D eigenvalue weighted by Gasteiger charge is -2.10. The molecular weight excluding hydrogens is 214 g/mol. The summed E-state index contributed by atoms with van der Waals surface area (Å²) in [4.78, 5) is 0. The number of hydrogen-bond acceptors (Lipinski definition) is 2. The van der Waals surface area contributed by atoms with E-state index in [4.69, 9.17) is 16.3 Å². The van der Waals surface area contributed by atoms with Crippen LogP contribution in [0.1, 0.15) is 5.56 Å². The van der Waals surface area contributed by atoms with Crippen LogP contribution in [0.3, 0.4) is 0 Å². The number of benzene rings is 1. The molecule has 1 rings (SSSR count). The first-order valence-electron chi connectivity index (χ1n) is 3.85. The number of hydrogen-bond donors (Lipinski definition) is 0. The van der Waals surface area contributed by atoms with Crippen LogP contribution < -0.4 is 9.47 Å². The fourth-order valence-corrected chi connectivity index (χ4v) is 1.16. The molecule has 0 radical (unpaired) electrons. The molecule has 0 N–H and O–H groups in total. The van der Waals surface area contributed by atoms with E-state index in [9.17, 15) is 8.78 Å². The average Bonchev–Trinajstić information content (AvgIpc) is 2.16. The van der Waals surface area contributed by atoms with Crippen molar-refractivity contribution in [1.29, 1.82) is 0 Å². The smallest absolute Gasteiger partial charge is 0.387 e. The van der Waals surface area contributed by atoms with E-state index in [0.29, 0.717) is 5.56 Å². The lowest BCUT2D eigenvalue weighted by Crippen LogP contribution is -2.03. The number of halogens is 3. The van der Waals surface area contributed by atoms with Gasteiger partial charge in [0.05, 0.1) is 7.11 Å². The molecule has 0 amide bonds. The van der Waals surface area contributed by atoms with Gasteiger partial charge in [-0.3, -0.25) is 0 Å². The number of ether oxygens (including phenoxy) is 2. The maximum Gasteiger partial charge on any atom is 0.387 e. The first-order chi connectivity index (χ1) is 6.67. The molecule has 0 saturated carbocycles. The molecule has 0 atom stereocenters. The van der Waals surface area contributed by atoms with E-state index in [1.807, 2.05) is 0 Å². The summed E-state index contributed by atoms with van der Waals surface area (Å²) in [5, 5.41) is 0. The Labute approximate surface area is 85.4 Å². The molecule has 0 fully saturated rings. The highest BCUT2D eigenvalue weighted by Gasteiger charge is 2.10. The Hall–Kier alpha value is -1.03. The van der Waals surface area contributed by atoms with Crippen molar-refractivity contribution in [2.24, 2.45) is 0 Å². The monoisotopic (exact) mass is 222 g/mol. The van der Waals surface area contributed by atoms with Crippen LogP contribution in [0.15, 0.2) is 18.2 Å². The lowest BCUT2D eigenvalue weighted by molar-refractivity contribution is -0.0512. The maximum absolute atomic E-state index is 12.0. The molecule has 0 heterocycles. The zero-order valence-electron chi connectivity index (χ0n) is 7.47. The molecule has 5 heteroatoms. The third-order valence-corrected chi connectivity index (χ3v) is 1.91. The summed E-state index contributed by atoms with van der Waals surface area (Å²) in [5.41, 5.74) is 0.697. The van der Waals surface area contributed by atoms with Crippen molar-refractivity contribution >= 4 is 11.6 Å². The summed E-state index contributed by atoms with van der Waals surface area (Å²) in [7, 11) is 1.38. The predicted molar refractivity (Wildman–Crippen MR) is 49.2 cm³/mol. The van der Waals surface area contributed by atoms with Gasteiger partial charge in [0.25, 0.3) is 0 Å². The third-order valence-electron chi connectivity index (χ3n) is 1.60. The van der Waals surface area contributed by atoms with Crippen molar-refractivity contribution < 1.29 is 18.3 Å². The second kappa shape index (κ2) is 5.00. The number of methoxy groups -OCH3 is 1. The van der Waals surface area contributed by atoms with Crippen molar-refractivity contribution in [2.45, 2.75) is 12.5 Å². The molecule has 0 saturated heterocycles. The van der Waals surface area contributed by atoms with Gasteiger partial charge >= 0.3 is 6.61 Å². The highest BCUT2D eigenvalue weighted by Crippen LogP contribution is 2.29. The van der Waals surface area contributed by atoms with Crippen LogP contribution in [0.4, 0.5) is 8.78 Å². The van der Waals surface area contributed by atoms with Crippen LogP contribution in [-0.2, 0) is 5.88 Å². The first kappa shape index (κ1) is 11.0. The van der Waals surface area contributed by atoms with Gasteiger partial charge in [-0.2, -0.15) is 8.78 Å². The van der Waals surface area contributed by atoms with Gasteiger partial charge in [0.15, 0.2) is 11.5 Å². The third kappa shape index (κ3) is 2.73.